The molecule has 0 aromatic heterocycles. The van der Waals surface area contributed by atoms with Crippen LogP contribution in [0.25, 0.3) is 6.08 Å². The summed E-state index contributed by atoms with van der Waals surface area (Å²) in [5.74, 6) is -0.930. The Morgan fingerprint density at radius 2 is 2.31 bits per heavy atom. The van der Waals surface area contributed by atoms with Gasteiger partial charge in [0.25, 0.3) is 0 Å². The van der Waals surface area contributed by atoms with Crippen LogP contribution < -0.4 is 5.32 Å². The van der Waals surface area contributed by atoms with Gasteiger partial charge in [-0.25, -0.2) is 4.79 Å². The van der Waals surface area contributed by atoms with Gasteiger partial charge in [-0.2, -0.15) is 0 Å². The molecule has 3 heteroatoms. The van der Waals surface area contributed by atoms with Crippen molar-refractivity contribution < 1.29 is 9.90 Å². The first kappa shape index (κ1) is 12.3. The highest BCUT2D eigenvalue weighted by molar-refractivity contribution is 5.85. The second-order valence-corrected chi connectivity index (χ2v) is 3.75. The van der Waals surface area contributed by atoms with Gasteiger partial charge in [-0.3, -0.25) is 0 Å². The van der Waals surface area contributed by atoms with E-state index in [1.54, 1.807) is 6.08 Å². The van der Waals surface area contributed by atoms with Crippen LogP contribution in [0.2, 0.25) is 0 Å². The van der Waals surface area contributed by atoms with E-state index in [0.29, 0.717) is 6.04 Å². The fourth-order valence-electron chi connectivity index (χ4n) is 1.29. The summed E-state index contributed by atoms with van der Waals surface area (Å²) in [6, 6.07) is 8.11. The Morgan fingerprint density at radius 3 is 2.94 bits per heavy atom. The standard InChI is InChI=1S/C13H17NO2/c1-3-10(2)14-12-6-4-5-11(9-12)7-8-13(15)16/h4-10,14H,3H2,1-2H3,(H,15,16)/b8-7+. The molecule has 1 unspecified atom stereocenters. The highest BCUT2D eigenvalue weighted by Crippen LogP contribution is 2.13. The van der Waals surface area contributed by atoms with Crippen molar-refractivity contribution in [3.63, 3.8) is 0 Å². The number of nitrogens with one attached hydrogen (secondary N) is 1. The zero-order valence-corrected chi connectivity index (χ0v) is 9.60. The van der Waals surface area contributed by atoms with E-state index in [-0.39, 0.29) is 0 Å². The van der Waals surface area contributed by atoms with E-state index in [0.717, 1.165) is 23.7 Å². The Bertz CT molecular complexity index is 385. The summed E-state index contributed by atoms with van der Waals surface area (Å²) < 4.78 is 0. The number of carboxylic acids is 1. The number of rotatable bonds is 5. The fourth-order valence-corrected chi connectivity index (χ4v) is 1.29. The summed E-state index contributed by atoms with van der Waals surface area (Å²) in [5, 5.41) is 11.9. The molecule has 0 amide bonds. The molecule has 0 heterocycles. The number of carboxylic acid groups (broad SMARTS) is 1. The highest BCUT2D eigenvalue weighted by Gasteiger charge is 1.98. The van der Waals surface area contributed by atoms with Crippen LogP contribution in [0.1, 0.15) is 25.8 Å². The maximum atomic E-state index is 10.4. The molecule has 1 aromatic carbocycles. The summed E-state index contributed by atoms with van der Waals surface area (Å²) >= 11 is 0. The van der Waals surface area contributed by atoms with Crippen molar-refractivity contribution >= 4 is 17.7 Å². The highest BCUT2D eigenvalue weighted by atomic mass is 16.4. The molecule has 0 aliphatic rings. The van der Waals surface area contributed by atoms with Gasteiger partial charge in [-0.05, 0) is 37.1 Å². The quantitative estimate of drug-likeness (QED) is 0.748. The molecule has 0 saturated carbocycles. The van der Waals surface area contributed by atoms with E-state index in [9.17, 15) is 4.79 Å². The lowest BCUT2D eigenvalue weighted by Crippen LogP contribution is -2.13. The van der Waals surface area contributed by atoms with E-state index in [4.69, 9.17) is 5.11 Å². The molecule has 0 radical (unpaired) electrons. The van der Waals surface area contributed by atoms with Crippen molar-refractivity contribution in [3.05, 3.63) is 35.9 Å². The van der Waals surface area contributed by atoms with Gasteiger partial charge in [0, 0.05) is 17.8 Å². The molecule has 1 aromatic rings. The SMILES string of the molecule is CCC(C)Nc1cccc(/C=C/C(=O)O)c1. The van der Waals surface area contributed by atoms with Gasteiger partial charge in [0.05, 0.1) is 0 Å². The lowest BCUT2D eigenvalue weighted by Gasteiger charge is -2.13. The third-order valence-electron chi connectivity index (χ3n) is 2.33. The van der Waals surface area contributed by atoms with E-state index >= 15 is 0 Å². The summed E-state index contributed by atoms with van der Waals surface area (Å²) in [5.41, 5.74) is 1.90. The molecule has 0 bridgehead atoms. The molecule has 86 valence electrons. The van der Waals surface area contributed by atoms with Crippen molar-refractivity contribution in [1.82, 2.24) is 0 Å². The van der Waals surface area contributed by atoms with Gasteiger partial charge in [0.15, 0.2) is 0 Å². The van der Waals surface area contributed by atoms with Crippen LogP contribution in [0.5, 0.6) is 0 Å². The Kier molecular flexibility index (Phi) is 4.58. The van der Waals surface area contributed by atoms with Crippen molar-refractivity contribution in [3.8, 4) is 0 Å². The van der Waals surface area contributed by atoms with Crippen molar-refractivity contribution in [2.75, 3.05) is 5.32 Å². The lowest BCUT2D eigenvalue weighted by molar-refractivity contribution is -0.131. The van der Waals surface area contributed by atoms with Crippen LogP contribution in [0.15, 0.2) is 30.3 Å². The van der Waals surface area contributed by atoms with E-state index in [2.05, 4.69) is 19.2 Å². The van der Waals surface area contributed by atoms with Crippen molar-refractivity contribution in [2.24, 2.45) is 0 Å². The first-order valence-corrected chi connectivity index (χ1v) is 5.39. The molecular formula is C13H17NO2. The Hall–Kier alpha value is -1.77. The molecule has 1 atom stereocenters. The van der Waals surface area contributed by atoms with Gasteiger partial charge < -0.3 is 10.4 Å². The maximum absolute atomic E-state index is 10.4. The topological polar surface area (TPSA) is 49.3 Å². The largest absolute Gasteiger partial charge is 0.478 e. The molecular weight excluding hydrogens is 202 g/mol. The number of hydrogen-bond acceptors (Lipinski definition) is 2. The molecule has 1 rings (SSSR count). The van der Waals surface area contributed by atoms with Gasteiger partial charge in [0.2, 0.25) is 0 Å². The smallest absolute Gasteiger partial charge is 0.328 e. The Morgan fingerprint density at radius 1 is 1.56 bits per heavy atom. The summed E-state index contributed by atoms with van der Waals surface area (Å²) in [6.07, 6.45) is 3.78. The van der Waals surface area contributed by atoms with Gasteiger partial charge in [-0.1, -0.05) is 19.1 Å². The van der Waals surface area contributed by atoms with Crippen LogP contribution in [0.3, 0.4) is 0 Å². The monoisotopic (exact) mass is 219 g/mol. The normalized spacial score (nSPS) is 12.6. The number of hydrogen-bond donors (Lipinski definition) is 2. The summed E-state index contributed by atoms with van der Waals surface area (Å²) in [7, 11) is 0. The minimum Gasteiger partial charge on any atom is -0.478 e. The minimum absolute atomic E-state index is 0.415. The predicted molar refractivity (Wildman–Crippen MR) is 66.5 cm³/mol. The van der Waals surface area contributed by atoms with Crippen LogP contribution >= 0.6 is 0 Å². The van der Waals surface area contributed by atoms with E-state index in [1.807, 2.05) is 24.3 Å². The average Bonchev–Trinajstić information content (AvgIpc) is 2.26. The number of carbonyl (C=O) groups is 1. The van der Waals surface area contributed by atoms with E-state index in [1.165, 1.54) is 0 Å². The molecule has 16 heavy (non-hydrogen) atoms. The molecule has 0 saturated heterocycles. The molecule has 0 spiro atoms. The molecule has 3 nitrogen and oxygen atoms in total. The number of benzene rings is 1. The second-order valence-electron chi connectivity index (χ2n) is 3.75. The van der Waals surface area contributed by atoms with Crippen molar-refractivity contribution in [1.29, 1.82) is 0 Å². The Balaban J connectivity index is 2.74. The second kappa shape index (κ2) is 5.95. The fraction of sp³-hybridized carbons (Fsp3) is 0.308. The zero-order valence-electron chi connectivity index (χ0n) is 9.60. The first-order chi connectivity index (χ1) is 7.61. The number of anilines is 1. The van der Waals surface area contributed by atoms with Crippen LogP contribution in [-0.4, -0.2) is 17.1 Å². The number of aliphatic carboxylic acids is 1. The third kappa shape index (κ3) is 4.17. The van der Waals surface area contributed by atoms with E-state index < -0.39 is 5.97 Å². The Labute approximate surface area is 95.8 Å². The van der Waals surface area contributed by atoms with Gasteiger partial charge in [0.1, 0.15) is 0 Å². The van der Waals surface area contributed by atoms with Crippen molar-refractivity contribution in [2.45, 2.75) is 26.3 Å². The van der Waals surface area contributed by atoms with Crippen LogP contribution in [0, 0.1) is 0 Å². The van der Waals surface area contributed by atoms with Gasteiger partial charge >= 0.3 is 5.97 Å². The predicted octanol–water partition coefficient (Wildman–Crippen LogP) is 2.99. The summed E-state index contributed by atoms with van der Waals surface area (Å²) in [4.78, 5) is 10.4. The molecule has 0 fully saturated rings. The maximum Gasteiger partial charge on any atom is 0.328 e. The third-order valence-corrected chi connectivity index (χ3v) is 2.33. The molecule has 0 aliphatic carbocycles. The zero-order chi connectivity index (χ0) is 12.0. The first-order valence-electron chi connectivity index (χ1n) is 5.39. The lowest BCUT2D eigenvalue weighted by atomic mass is 10.1. The van der Waals surface area contributed by atoms with Crippen LogP contribution in [0.4, 0.5) is 5.69 Å². The van der Waals surface area contributed by atoms with Crippen LogP contribution in [-0.2, 0) is 4.79 Å². The molecule has 0 aliphatic heterocycles. The molecule has 2 N–H and O–H groups in total. The minimum atomic E-state index is -0.930. The van der Waals surface area contributed by atoms with Gasteiger partial charge in [-0.15, -0.1) is 0 Å². The average molecular weight is 219 g/mol. The summed E-state index contributed by atoms with van der Waals surface area (Å²) in [6.45, 7) is 4.23.